The summed E-state index contributed by atoms with van der Waals surface area (Å²) < 4.78 is 0. The first kappa shape index (κ1) is 20.3. The van der Waals surface area contributed by atoms with Crippen molar-refractivity contribution in [2.75, 3.05) is 16.8 Å². The molecule has 3 fully saturated rings. The Morgan fingerprint density at radius 3 is 2.73 bits per heavy atom. The molecule has 6 rings (SSSR count). The third-order valence-electron chi connectivity index (χ3n) is 7.66. The van der Waals surface area contributed by atoms with E-state index < -0.39 is 34.1 Å². The van der Waals surface area contributed by atoms with Gasteiger partial charge in [-0.3, -0.25) is 29.4 Å². The van der Waals surface area contributed by atoms with Crippen molar-refractivity contribution in [1.29, 1.82) is 0 Å². The molecule has 0 bridgehead atoms. The molecule has 3 amide bonds. The molecule has 0 unspecified atom stereocenters. The van der Waals surface area contributed by atoms with E-state index in [4.69, 9.17) is 11.6 Å². The Hall–Kier alpha value is -3.30. The highest BCUT2D eigenvalue weighted by Gasteiger charge is 2.74. The molecule has 0 aliphatic carbocycles. The Balaban J connectivity index is 1.55. The summed E-state index contributed by atoms with van der Waals surface area (Å²) in [5.74, 6) is -2.87. The molecule has 2 aromatic rings. The van der Waals surface area contributed by atoms with Crippen molar-refractivity contribution in [2.24, 2.45) is 11.8 Å². The lowest BCUT2D eigenvalue weighted by atomic mass is 9.75. The maximum Gasteiger partial charge on any atom is 0.271 e. The molecule has 0 aromatic heterocycles. The van der Waals surface area contributed by atoms with Crippen molar-refractivity contribution in [3.8, 4) is 0 Å². The molecule has 33 heavy (non-hydrogen) atoms. The number of rotatable bonds is 2. The number of carbonyl (C=O) groups is 3. The SMILES string of the molecule is Cc1c(Cl)ccc2c1NC(=O)[C@@]21[C@H]2C(=O)N(c3cccc([N+](=O)[O-])c3)C(=O)[C@@H]2[C@H]2CCCN21. The monoisotopic (exact) mass is 466 g/mol. The van der Waals surface area contributed by atoms with Gasteiger partial charge in [0, 0.05) is 28.8 Å². The quantitative estimate of drug-likeness (QED) is 0.413. The number of anilines is 2. The van der Waals surface area contributed by atoms with Gasteiger partial charge in [0.1, 0.15) is 5.54 Å². The van der Waals surface area contributed by atoms with Crippen molar-refractivity contribution in [1.82, 2.24) is 4.90 Å². The van der Waals surface area contributed by atoms with Crippen LogP contribution in [0, 0.1) is 28.9 Å². The van der Waals surface area contributed by atoms with Crippen molar-refractivity contribution in [3.63, 3.8) is 0 Å². The highest BCUT2D eigenvalue weighted by Crippen LogP contribution is 2.61. The van der Waals surface area contributed by atoms with Crippen molar-refractivity contribution >= 4 is 46.4 Å². The number of carbonyl (C=O) groups excluding carboxylic acids is 3. The average Bonchev–Trinajstić information content (AvgIpc) is 3.49. The number of nitrogens with zero attached hydrogens (tertiary/aromatic N) is 3. The predicted octanol–water partition coefficient (Wildman–Crippen LogP) is 2.99. The number of nitrogens with one attached hydrogen (secondary N) is 1. The maximum absolute atomic E-state index is 13.9. The summed E-state index contributed by atoms with van der Waals surface area (Å²) in [6, 6.07) is 8.72. The van der Waals surface area contributed by atoms with E-state index in [1.807, 2.05) is 11.8 Å². The van der Waals surface area contributed by atoms with Crippen LogP contribution in [-0.4, -0.2) is 40.1 Å². The first-order chi connectivity index (χ1) is 15.8. The van der Waals surface area contributed by atoms with E-state index in [0.717, 1.165) is 11.3 Å². The van der Waals surface area contributed by atoms with E-state index in [9.17, 15) is 24.5 Å². The summed E-state index contributed by atoms with van der Waals surface area (Å²) in [6.07, 6.45) is 1.50. The zero-order valence-electron chi connectivity index (χ0n) is 17.6. The largest absolute Gasteiger partial charge is 0.324 e. The molecule has 4 atom stereocenters. The molecule has 168 valence electrons. The third kappa shape index (κ3) is 2.33. The van der Waals surface area contributed by atoms with E-state index in [1.165, 1.54) is 24.3 Å². The molecule has 4 heterocycles. The molecule has 1 N–H and O–H groups in total. The van der Waals surface area contributed by atoms with Crippen molar-refractivity contribution < 1.29 is 19.3 Å². The maximum atomic E-state index is 13.9. The Bertz CT molecular complexity index is 1300. The Kier molecular flexibility index (Phi) is 4.07. The zero-order valence-corrected chi connectivity index (χ0v) is 18.3. The minimum absolute atomic E-state index is 0.152. The van der Waals surface area contributed by atoms with E-state index in [0.29, 0.717) is 34.8 Å². The van der Waals surface area contributed by atoms with Crippen LogP contribution in [0.15, 0.2) is 36.4 Å². The average molecular weight is 467 g/mol. The molecule has 9 nitrogen and oxygen atoms in total. The third-order valence-corrected chi connectivity index (χ3v) is 8.07. The van der Waals surface area contributed by atoms with Gasteiger partial charge in [-0.1, -0.05) is 23.7 Å². The van der Waals surface area contributed by atoms with Crippen molar-refractivity contribution in [3.05, 3.63) is 62.7 Å². The molecule has 0 radical (unpaired) electrons. The number of nitro groups is 1. The lowest BCUT2D eigenvalue weighted by Gasteiger charge is -2.36. The molecule has 4 aliphatic rings. The summed E-state index contributed by atoms with van der Waals surface area (Å²) in [6.45, 7) is 2.41. The Morgan fingerprint density at radius 1 is 1.18 bits per heavy atom. The minimum Gasteiger partial charge on any atom is -0.324 e. The Morgan fingerprint density at radius 2 is 1.97 bits per heavy atom. The summed E-state index contributed by atoms with van der Waals surface area (Å²) >= 11 is 6.30. The minimum atomic E-state index is -1.31. The second-order valence-corrected chi connectivity index (χ2v) is 9.42. The smallest absolute Gasteiger partial charge is 0.271 e. The molecule has 10 heteroatoms. The van der Waals surface area contributed by atoms with Gasteiger partial charge in [0.2, 0.25) is 17.7 Å². The van der Waals surface area contributed by atoms with Crippen LogP contribution in [0.1, 0.15) is 24.0 Å². The molecule has 3 saturated heterocycles. The summed E-state index contributed by atoms with van der Waals surface area (Å²) in [5.41, 5.74) is 0.601. The van der Waals surface area contributed by atoms with Gasteiger partial charge in [-0.2, -0.15) is 0 Å². The lowest BCUT2D eigenvalue weighted by Crippen LogP contribution is -2.54. The fraction of sp³-hybridized carbons (Fsp3) is 0.348. The van der Waals surface area contributed by atoms with E-state index in [1.54, 1.807) is 12.1 Å². The number of nitro benzene ring substituents is 1. The van der Waals surface area contributed by atoms with Crippen LogP contribution in [-0.2, 0) is 19.9 Å². The number of non-ortho nitro benzene ring substituents is 1. The van der Waals surface area contributed by atoms with Gasteiger partial charge < -0.3 is 5.32 Å². The summed E-state index contributed by atoms with van der Waals surface area (Å²) in [5, 5.41) is 14.7. The number of fused-ring (bicyclic) bond motifs is 7. The standard InChI is InChI=1S/C23H19ClN4O5/c1-11-15(24)8-7-14-19(11)25-22(31)23(14)18-17(16-6-3-9-26(16)23)20(29)27(21(18)30)12-4-2-5-13(10-12)28(32)33/h2,4-5,7-8,10,16-18H,3,6,9H2,1H3,(H,25,31)/t16-,17-,18-,23+/m1/s1. The highest BCUT2D eigenvalue weighted by atomic mass is 35.5. The molecule has 2 aromatic carbocycles. The number of amides is 3. The van der Waals surface area contributed by atoms with E-state index in [-0.39, 0.29) is 23.3 Å². The molecule has 4 aliphatic heterocycles. The first-order valence-electron chi connectivity index (χ1n) is 10.8. The fourth-order valence-electron chi connectivity index (χ4n) is 6.39. The normalized spacial score (nSPS) is 30.1. The van der Waals surface area contributed by atoms with Crippen LogP contribution < -0.4 is 10.2 Å². The van der Waals surface area contributed by atoms with Gasteiger partial charge in [0.25, 0.3) is 5.69 Å². The van der Waals surface area contributed by atoms with Crippen LogP contribution in [0.2, 0.25) is 5.02 Å². The predicted molar refractivity (Wildman–Crippen MR) is 119 cm³/mol. The Labute approximate surface area is 193 Å². The van der Waals surface area contributed by atoms with Gasteiger partial charge >= 0.3 is 0 Å². The van der Waals surface area contributed by atoms with Crippen LogP contribution >= 0.6 is 11.6 Å². The highest BCUT2D eigenvalue weighted by molar-refractivity contribution is 6.32. The number of hydrogen-bond acceptors (Lipinski definition) is 6. The van der Waals surface area contributed by atoms with Crippen molar-refractivity contribution in [2.45, 2.75) is 31.3 Å². The fourth-order valence-corrected chi connectivity index (χ4v) is 6.55. The second-order valence-electron chi connectivity index (χ2n) is 9.01. The molecule has 1 spiro atoms. The number of halogens is 1. The van der Waals surface area contributed by atoms with Gasteiger partial charge in [0.15, 0.2) is 0 Å². The molecular weight excluding hydrogens is 448 g/mol. The number of benzene rings is 2. The second kappa shape index (κ2) is 6.61. The lowest BCUT2D eigenvalue weighted by molar-refractivity contribution is -0.384. The zero-order chi connectivity index (χ0) is 23.2. The van der Waals surface area contributed by atoms with Gasteiger partial charge in [0.05, 0.1) is 28.1 Å². The van der Waals surface area contributed by atoms with Gasteiger partial charge in [-0.25, -0.2) is 4.90 Å². The number of hydrogen-bond donors (Lipinski definition) is 1. The summed E-state index contributed by atoms with van der Waals surface area (Å²) in [7, 11) is 0. The number of imide groups is 1. The van der Waals surface area contributed by atoms with Gasteiger partial charge in [-0.15, -0.1) is 0 Å². The topological polar surface area (TPSA) is 113 Å². The van der Waals surface area contributed by atoms with Crippen LogP contribution in [0.4, 0.5) is 17.1 Å². The molecule has 0 saturated carbocycles. The summed E-state index contributed by atoms with van der Waals surface area (Å²) in [4.78, 5) is 55.0. The van der Waals surface area contributed by atoms with Crippen LogP contribution in [0.25, 0.3) is 0 Å². The van der Waals surface area contributed by atoms with Crippen LogP contribution in [0.3, 0.4) is 0 Å². The van der Waals surface area contributed by atoms with E-state index in [2.05, 4.69) is 5.32 Å². The first-order valence-corrected chi connectivity index (χ1v) is 11.2. The molecular formula is C23H19ClN4O5. The van der Waals surface area contributed by atoms with E-state index >= 15 is 0 Å². The van der Waals surface area contributed by atoms with Gasteiger partial charge in [-0.05, 0) is 44.0 Å². The van der Waals surface area contributed by atoms with Crippen LogP contribution in [0.5, 0.6) is 0 Å².